The Morgan fingerprint density at radius 2 is 1.90 bits per heavy atom. The molecule has 2 rings (SSSR count). The van der Waals surface area contributed by atoms with Crippen LogP contribution in [-0.2, 0) is 0 Å². The summed E-state index contributed by atoms with van der Waals surface area (Å²) in [5.41, 5.74) is 0.00174. The summed E-state index contributed by atoms with van der Waals surface area (Å²) in [5, 5.41) is 11.4. The third-order valence-corrected chi connectivity index (χ3v) is 3.30. The lowest BCUT2D eigenvalue weighted by Gasteiger charge is -2.22. The van der Waals surface area contributed by atoms with Gasteiger partial charge in [-0.2, -0.15) is 13.2 Å². The second-order valence-electron chi connectivity index (χ2n) is 4.95. The van der Waals surface area contributed by atoms with Gasteiger partial charge in [0.25, 0.3) is 0 Å². The van der Waals surface area contributed by atoms with E-state index in [1.54, 1.807) is 0 Å². The molecular weight excluding hydrogens is 281 g/mol. The summed E-state index contributed by atoms with van der Waals surface area (Å²) < 4.78 is 63.5. The van der Waals surface area contributed by atoms with Crippen LogP contribution in [0.3, 0.4) is 0 Å². The van der Waals surface area contributed by atoms with E-state index in [9.17, 15) is 22.0 Å². The van der Waals surface area contributed by atoms with Gasteiger partial charge in [0.1, 0.15) is 11.6 Å². The van der Waals surface area contributed by atoms with E-state index in [1.807, 2.05) is 0 Å². The number of aliphatic hydroxyl groups excluding tert-OH is 1. The summed E-state index contributed by atoms with van der Waals surface area (Å²) in [6.07, 6.45) is -5.80. The Labute approximate surface area is 112 Å². The highest BCUT2D eigenvalue weighted by molar-refractivity contribution is 5.24. The van der Waals surface area contributed by atoms with Crippen molar-refractivity contribution < 1.29 is 27.1 Å². The topological polar surface area (TPSA) is 32.3 Å². The van der Waals surface area contributed by atoms with Crippen molar-refractivity contribution in [3.05, 3.63) is 35.4 Å². The quantitative estimate of drug-likeness (QED) is 0.819. The Bertz CT molecular complexity index is 472. The van der Waals surface area contributed by atoms with Gasteiger partial charge < -0.3 is 10.4 Å². The predicted octanol–water partition coefficient (Wildman–Crippen LogP) is 2.93. The SMILES string of the molecule is OC(CNC(c1cc(F)ccc1F)C1CC1)C(F)(F)F. The zero-order valence-corrected chi connectivity index (χ0v) is 10.4. The highest BCUT2D eigenvalue weighted by Crippen LogP contribution is 2.42. The van der Waals surface area contributed by atoms with Crippen LogP contribution < -0.4 is 5.32 Å². The highest BCUT2D eigenvalue weighted by Gasteiger charge is 2.40. The minimum atomic E-state index is -4.73. The van der Waals surface area contributed by atoms with E-state index in [0.29, 0.717) is 0 Å². The molecular formula is C13H14F5NO. The van der Waals surface area contributed by atoms with Gasteiger partial charge in [0.15, 0.2) is 6.10 Å². The predicted molar refractivity (Wildman–Crippen MR) is 61.9 cm³/mol. The van der Waals surface area contributed by atoms with Crippen LogP contribution in [0, 0.1) is 17.6 Å². The second kappa shape index (κ2) is 5.65. The Morgan fingerprint density at radius 3 is 2.45 bits per heavy atom. The molecule has 20 heavy (non-hydrogen) atoms. The minimum absolute atomic E-state index is 0.00174. The van der Waals surface area contributed by atoms with Crippen LogP contribution in [0.25, 0.3) is 0 Å². The molecule has 0 aromatic heterocycles. The standard InChI is InChI=1S/C13H14F5NO/c14-8-3-4-10(15)9(5-8)12(7-1-2-7)19-6-11(20)13(16,17)18/h3-5,7,11-12,19-20H,1-2,6H2. The van der Waals surface area contributed by atoms with E-state index in [2.05, 4.69) is 5.32 Å². The highest BCUT2D eigenvalue weighted by atomic mass is 19.4. The van der Waals surface area contributed by atoms with Crippen LogP contribution in [-0.4, -0.2) is 23.9 Å². The van der Waals surface area contributed by atoms with E-state index < -0.39 is 36.5 Å². The maximum Gasteiger partial charge on any atom is 0.415 e. The van der Waals surface area contributed by atoms with Crippen LogP contribution in [0.2, 0.25) is 0 Å². The molecule has 2 atom stereocenters. The summed E-state index contributed by atoms with van der Waals surface area (Å²) in [6.45, 7) is -0.749. The molecule has 1 aliphatic carbocycles. The first-order chi connectivity index (χ1) is 9.29. The average molecular weight is 295 g/mol. The van der Waals surface area contributed by atoms with Gasteiger partial charge in [0.2, 0.25) is 0 Å². The molecule has 1 fully saturated rings. The van der Waals surface area contributed by atoms with Crippen LogP contribution in [0.15, 0.2) is 18.2 Å². The minimum Gasteiger partial charge on any atom is -0.382 e. The van der Waals surface area contributed by atoms with Crippen LogP contribution in [0.5, 0.6) is 0 Å². The molecule has 7 heteroatoms. The lowest BCUT2D eigenvalue weighted by atomic mass is 10.0. The van der Waals surface area contributed by atoms with Crippen molar-refractivity contribution in [1.29, 1.82) is 0 Å². The summed E-state index contributed by atoms with van der Waals surface area (Å²) in [4.78, 5) is 0. The van der Waals surface area contributed by atoms with E-state index >= 15 is 0 Å². The maximum atomic E-state index is 13.7. The average Bonchev–Trinajstić information content (AvgIpc) is 3.16. The zero-order valence-electron chi connectivity index (χ0n) is 10.4. The van der Waals surface area contributed by atoms with E-state index in [-0.39, 0.29) is 11.5 Å². The van der Waals surface area contributed by atoms with Crippen molar-refractivity contribution in [3.8, 4) is 0 Å². The van der Waals surface area contributed by atoms with Crippen molar-refractivity contribution >= 4 is 0 Å². The van der Waals surface area contributed by atoms with Gasteiger partial charge in [-0.15, -0.1) is 0 Å². The Morgan fingerprint density at radius 1 is 1.25 bits per heavy atom. The third-order valence-electron chi connectivity index (χ3n) is 3.30. The molecule has 112 valence electrons. The van der Waals surface area contributed by atoms with Crippen molar-refractivity contribution in [2.24, 2.45) is 5.92 Å². The number of hydrogen-bond acceptors (Lipinski definition) is 2. The van der Waals surface area contributed by atoms with Crippen molar-refractivity contribution in [2.45, 2.75) is 31.2 Å². The van der Waals surface area contributed by atoms with Crippen LogP contribution in [0.4, 0.5) is 22.0 Å². The van der Waals surface area contributed by atoms with Crippen molar-refractivity contribution in [1.82, 2.24) is 5.32 Å². The zero-order chi connectivity index (χ0) is 14.9. The Balaban J connectivity index is 2.10. The molecule has 2 unspecified atom stereocenters. The van der Waals surface area contributed by atoms with Gasteiger partial charge in [-0.05, 0) is 37.0 Å². The van der Waals surface area contributed by atoms with Crippen LogP contribution >= 0.6 is 0 Å². The van der Waals surface area contributed by atoms with E-state index in [1.165, 1.54) is 0 Å². The van der Waals surface area contributed by atoms with Crippen molar-refractivity contribution in [2.75, 3.05) is 6.54 Å². The summed E-state index contributed by atoms with van der Waals surface area (Å²) in [5.74, 6) is -1.35. The Hall–Kier alpha value is -1.21. The normalized spacial score (nSPS) is 18.9. The molecule has 0 aliphatic heterocycles. The van der Waals surface area contributed by atoms with E-state index in [0.717, 1.165) is 31.0 Å². The molecule has 0 radical (unpaired) electrons. The first-order valence-electron chi connectivity index (χ1n) is 6.22. The van der Waals surface area contributed by atoms with E-state index in [4.69, 9.17) is 5.11 Å². The smallest absolute Gasteiger partial charge is 0.382 e. The molecule has 0 bridgehead atoms. The lowest BCUT2D eigenvalue weighted by molar-refractivity contribution is -0.202. The molecule has 2 N–H and O–H groups in total. The molecule has 0 amide bonds. The summed E-state index contributed by atoms with van der Waals surface area (Å²) in [7, 11) is 0. The maximum absolute atomic E-state index is 13.7. The van der Waals surface area contributed by atoms with Gasteiger partial charge in [-0.25, -0.2) is 8.78 Å². The molecule has 0 saturated heterocycles. The monoisotopic (exact) mass is 295 g/mol. The molecule has 1 aromatic rings. The van der Waals surface area contributed by atoms with Crippen LogP contribution in [0.1, 0.15) is 24.4 Å². The third kappa shape index (κ3) is 3.67. The fourth-order valence-electron chi connectivity index (χ4n) is 2.07. The lowest BCUT2D eigenvalue weighted by Crippen LogP contribution is -2.40. The number of rotatable bonds is 5. The summed E-state index contributed by atoms with van der Waals surface area (Å²) >= 11 is 0. The number of halogens is 5. The molecule has 0 heterocycles. The molecule has 0 spiro atoms. The van der Waals surface area contributed by atoms with Gasteiger partial charge in [0.05, 0.1) is 0 Å². The number of hydrogen-bond donors (Lipinski definition) is 2. The fourth-order valence-corrected chi connectivity index (χ4v) is 2.07. The number of alkyl halides is 3. The molecule has 2 nitrogen and oxygen atoms in total. The first kappa shape index (κ1) is 15.2. The largest absolute Gasteiger partial charge is 0.415 e. The second-order valence-corrected chi connectivity index (χ2v) is 4.95. The van der Waals surface area contributed by atoms with Gasteiger partial charge >= 0.3 is 6.18 Å². The number of benzene rings is 1. The van der Waals surface area contributed by atoms with Crippen molar-refractivity contribution in [3.63, 3.8) is 0 Å². The van der Waals surface area contributed by atoms with Gasteiger partial charge in [-0.1, -0.05) is 0 Å². The Kier molecular flexibility index (Phi) is 4.29. The number of aliphatic hydroxyl groups is 1. The fraction of sp³-hybridized carbons (Fsp3) is 0.538. The van der Waals surface area contributed by atoms with Gasteiger partial charge in [0, 0.05) is 18.2 Å². The number of nitrogens with one attached hydrogen (secondary N) is 1. The van der Waals surface area contributed by atoms with Gasteiger partial charge in [-0.3, -0.25) is 0 Å². The summed E-state index contributed by atoms with van der Waals surface area (Å²) in [6, 6.07) is 2.16. The molecule has 1 aromatic carbocycles. The molecule has 1 saturated carbocycles. The first-order valence-corrected chi connectivity index (χ1v) is 6.22. The molecule has 1 aliphatic rings.